The highest BCUT2D eigenvalue weighted by Gasteiger charge is 2.30. The van der Waals surface area contributed by atoms with Gasteiger partial charge in [0, 0.05) is 13.1 Å². The van der Waals surface area contributed by atoms with Crippen molar-refractivity contribution < 1.29 is 9.18 Å². The number of carbonyl (C=O) groups is 1. The smallest absolute Gasteiger partial charge is 0.245 e. The van der Waals surface area contributed by atoms with Crippen LogP contribution in [-0.4, -0.2) is 29.9 Å². The van der Waals surface area contributed by atoms with Crippen LogP contribution < -0.4 is 5.32 Å². The Morgan fingerprint density at radius 1 is 1.61 bits per heavy atom. The molecule has 0 radical (unpaired) electrons. The zero-order valence-electron chi connectivity index (χ0n) is 10.1. The van der Waals surface area contributed by atoms with Crippen molar-refractivity contribution in [2.75, 3.05) is 18.4 Å². The molecule has 0 aromatic heterocycles. The lowest BCUT2D eigenvalue weighted by molar-refractivity contribution is -0.128. The summed E-state index contributed by atoms with van der Waals surface area (Å²) in [6, 6.07) is 5.69. The SMILES string of the molecule is CCN1CC[C@@H](Nc2ccc(C#N)cc2F)C1=O. The largest absolute Gasteiger partial charge is 0.371 e. The number of hydrogen-bond donors (Lipinski definition) is 1. The number of nitriles is 1. The molecule has 0 spiro atoms. The molecule has 0 unspecified atom stereocenters. The number of rotatable bonds is 3. The molecule has 5 heteroatoms. The van der Waals surface area contributed by atoms with E-state index in [4.69, 9.17) is 5.26 Å². The number of nitrogens with one attached hydrogen (secondary N) is 1. The number of anilines is 1. The predicted molar refractivity (Wildman–Crippen MR) is 65.4 cm³/mol. The molecule has 2 rings (SSSR count). The highest BCUT2D eigenvalue weighted by atomic mass is 19.1. The highest BCUT2D eigenvalue weighted by molar-refractivity contribution is 5.86. The molecule has 18 heavy (non-hydrogen) atoms. The molecule has 1 aliphatic rings. The molecule has 1 saturated heterocycles. The summed E-state index contributed by atoms with van der Waals surface area (Å²) in [7, 11) is 0. The van der Waals surface area contributed by atoms with Gasteiger partial charge in [0.1, 0.15) is 11.9 Å². The predicted octanol–water partition coefficient (Wildman–Crippen LogP) is 1.73. The Morgan fingerprint density at radius 2 is 2.39 bits per heavy atom. The Bertz CT molecular complexity index is 509. The lowest BCUT2D eigenvalue weighted by atomic mass is 10.2. The fraction of sp³-hybridized carbons (Fsp3) is 0.385. The van der Waals surface area contributed by atoms with Crippen molar-refractivity contribution in [3.05, 3.63) is 29.6 Å². The minimum absolute atomic E-state index is 0.00117. The molecule has 1 aromatic rings. The van der Waals surface area contributed by atoms with Crippen LogP contribution in [0.25, 0.3) is 0 Å². The number of carbonyl (C=O) groups excluding carboxylic acids is 1. The van der Waals surface area contributed by atoms with E-state index >= 15 is 0 Å². The molecule has 1 aliphatic heterocycles. The van der Waals surface area contributed by atoms with Crippen molar-refractivity contribution in [2.45, 2.75) is 19.4 Å². The molecular weight excluding hydrogens is 233 g/mol. The fourth-order valence-electron chi connectivity index (χ4n) is 2.08. The van der Waals surface area contributed by atoms with Crippen molar-refractivity contribution in [1.82, 2.24) is 4.90 Å². The van der Waals surface area contributed by atoms with Crippen LogP contribution in [0.1, 0.15) is 18.9 Å². The number of amides is 1. The minimum Gasteiger partial charge on any atom is -0.371 e. The van der Waals surface area contributed by atoms with Crippen LogP contribution in [0.15, 0.2) is 18.2 Å². The Labute approximate surface area is 105 Å². The lowest BCUT2D eigenvalue weighted by Gasteiger charge is -2.15. The summed E-state index contributed by atoms with van der Waals surface area (Å²) in [6.45, 7) is 3.29. The number of likely N-dealkylation sites (tertiary alicyclic amines) is 1. The van der Waals surface area contributed by atoms with Crippen molar-refractivity contribution in [3.63, 3.8) is 0 Å². The van der Waals surface area contributed by atoms with Crippen molar-refractivity contribution in [2.24, 2.45) is 0 Å². The monoisotopic (exact) mass is 247 g/mol. The molecule has 1 amide bonds. The first-order valence-corrected chi connectivity index (χ1v) is 5.90. The van der Waals surface area contributed by atoms with Crippen LogP contribution in [0.5, 0.6) is 0 Å². The third-order valence-corrected chi connectivity index (χ3v) is 3.11. The Kier molecular flexibility index (Phi) is 3.47. The van der Waals surface area contributed by atoms with Gasteiger partial charge in [-0.1, -0.05) is 0 Å². The molecule has 0 bridgehead atoms. The van der Waals surface area contributed by atoms with Crippen LogP contribution >= 0.6 is 0 Å². The molecule has 1 fully saturated rings. The summed E-state index contributed by atoms with van der Waals surface area (Å²) in [6.07, 6.45) is 0.673. The normalized spacial score (nSPS) is 18.8. The Hall–Kier alpha value is -2.09. The van der Waals surface area contributed by atoms with E-state index in [1.807, 2.05) is 13.0 Å². The quantitative estimate of drug-likeness (QED) is 0.885. The van der Waals surface area contributed by atoms with Crippen molar-refractivity contribution >= 4 is 11.6 Å². The van der Waals surface area contributed by atoms with E-state index in [2.05, 4.69) is 5.32 Å². The molecule has 1 aromatic carbocycles. The first-order chi connectivity index (χ1) is 8.65. The molecular formula is C13H14FN3O. The summed E-state index contributed by atoms with van der Waals surface area (Å²) in [5.74, 6) is -0.502. The molecule has 0 saturated carbocycles. The zero-order chi connectivity index (χ0) is 13.1. The molecule has 4 nitrogen and oxygen atoms in total. The minimum atomic E-state index is -0.503. The second kappa shape index (κ2) is 5.05. The number of nitrogens with zero attached hydrogens (tertiary/aromatic N) is 2. The van der Waals surface area contributed by atoms with E-state index < -0.39 is 5.82 Å². The lowest BCUT2D eigenvalue weighted by Crippen LogP contribution is -2.33. The number of hydrogen-bond acceptors (Lipinski definition) is 3. The van der Waals surface area contributed by atoms with Gasteiger partial charge in [-0.3, -0.25) is 4.79 Å². The standard InChI is InChI=1S/C13H14FN3O/c1-2-17-6-5-12(13(17)18)16-11-4-3-9(8-15)7-10(11)14/h3-4,7,12,16H,2,5-6H2,1H3/t12-/m1/s1. The van der Waals surface area contributed by atoms with E-state index in [1.165, 1.54) is 18.2 Å². The van der Waals surface area contributed by atoms with E-state index in [9.17, 15) is 9.18 Å². The molecule has 1 atom stereocenters. The summed E-state index contributed by atoms with van der Waals surface area (Å²) < 4.78 is 13.7. The average Bonchev–Trinajstić information content (AvgIpc) is 2.73. The van der Waals surface area contributed by atoms with Crippen LogP contribution in [-0.2, 0) is 4.79 Å². The van der Waals surface area contributed by atoms with Gasteiger partial charge in [-0.15, -0.1) is 0 Å². The van der Waals surface area contributed by atoms with Crippen molar-refractivity contribution in [1.29, 1.82) is 5.26 Å². The maximum atomic E-state index is 13.7. The summed E-state index contributed by atoms with van der Waals surface area (Å²) >= 11 is 0. The van der Waals surface area contributed by atoms with Gasteiger partial charge in [-0.2, -0.15) is 5.26 Å². The number of likely N-dealkylation sites (N-methyl/N-ethyl adjacent to an activating group) is 1. The van der Waals surface area contributed by atoms with Gasteiger partial charge >= 0.3 is 0 Å². The summed E-state index contributed by atoms with van der Waals surface area (Å²) in [5.41, 5.74) is 0.538. The topological polar surface area (TPSA) is 56.1 Å². The molecule has 0 aliphatic carbocycles. The first-order valence-electron chi connectivity index (χ1n) is 5.90. The Balaban J connectivity index is 2.11. The van der Waals surface area contributed by atoms with Crippen LogP contribution in [0.2, 0.25) is 0 Å². The third-order valence-electron chi connectivity index (χ3n) is 3.11. The Morgan fingerprint density at radius 3 is 2.94 bits per heavy atom. The maximum Gasteiger partial charge on any atom is 0.245 e. The van der Waals surface area contributed by atoms with Crippen LogP contribution in [0.4, 0.5) is 10.1 Å². The summed E-state index contributed by atoms with van der Waals surface area (Å²) in [4.78, 5) is 13.6. The van der Waals surface area contributed by atoms with E-state index in [1.54, 1.807) is 4.90 Å². The van der Waals surface area contributed by atoms with Crippen LogP contribution in [0.3, 0.4) is 0 Å². The van der Waals surface area contributed by atoms with Gasteiger partial charge in [-0.25, -0.2) is 4.39 Å². The maximum absolute atomic E-state index is 13.7. The zero-order valence-corrected chi connectivity index (χ0v) is 10.1. The van der Waals surface area contributed by atoms with E-state index in [0.29, 0.717) is 19.5 Å². The van der Waals surface area contributed by atoms with Gasteiger partial charge in [0.25, 0.3) is 0 Å². The van der Waals surface area contributed by atoms with Gasteiger partial charge < -0.3 is 10.2 Å². The van der Waals surface area contributed by atoms with Gasteiger partial charge in [0.15, 0.2) is 0 Å². The van der Waals surface area contributed by atoms with Gasteiger partial charge in [-0.05, 0) is 31.5 Å². The second-order valence-corrected chi connectivity index (χ2v) is 4.21. The van der Waals surface area contributed by atoms with Crippen molar-refractivity contribution in [3.8, 4) is 6.07 Å². The van der Waals surface area contributed by atoms with Crippen LogP contribution in [0, 0.1) is 17.1 Å². The highest BCUT2D eigenvalue weighted by Crippen LogP contribution is 2.20. The fourth-order valence-corrected chi connectivity index (χ4v) is 2.08. The van der Waals surface area contributed by atoms with Gasteiger partial charge in [0.2, 0.25) is 5.91 Å². The first kappa shape index (κ1) is 12.4. The van der Waals surface area contributed by atoms with Gasteiger partial charge in [0.05, 0.1) is 17.3 Å². The molecule has 1 heterocycles. The number of benzene rings is 1. The van der Waals surface area contributed by atoms with E-state index in [-0.39, 0.29) is 23.2 Å². The molecule has 1 N–H and O–H groups in total. The van der Waals surface area contributed by atoms with E-state index in [0.717, 1.165) is 0 Å². The number of halogens is 1. The second-order valence-electron chi connectivity index (χ2n) is 4.21. The summed E-state index contributed by atoms with van der Waals surface area (Å²) in [5, 5.41) is 11.5. The average molecular weight is 247 g/mol. The third kappa shape index (κ3) is 2.28. The molecule has 94 valence electrons.